The molecule has 0 aromatic carbocycles. The Bertz CT molecular complexity index is 336. The van der Waals surface area contributed by atoms with Crippen molar-refractivity contribution < 1.29 is 4.74 Å². The van der Waals surface area contributed by atoms with Gasteiger partial charge in [0, 0.05) is 12.1 Å². The fraction of sp³-hybridized carbons (Fsp3) is 1.00. The average Bonchev–Trinajstić information content (AvgIpc) is 2.72. The first-order valence-electron chi connectivity index (χ1n) is 9.02. The molecule has 2 heteroatoms. The van der Waals surface area contributed by atoms with E-state index in [0.29, 0.717) is 11.5 Å². The molecule has 0 aliphatic heterocycles. The minimum absolute atomic E-state index is 0.102. The van der Waals surface area contributed by atoms with E-state index in [1.807, 2.05) is 0 Å². The Morgan fingerprint density at radius 1 is 1.10 bits per heavy atom. The molecule has 2 fully saturated rings. The molecule has 2 atom stereocenters. The number of ether oxygens (including phenoxy) is 1. The zero-order chi connectivity index (χ0) is 15.7. The van der Waals surface area contributed by atoms with E-state index in [1.54, 1.807) is 0 Å². The summed E-state index contributed by atoms with van der Waals surface area (Å²) in [5.74, 6) is 0.799. The molecule has 0 heterocycles. The molecule has 2 unspecified atom stereocenters. The van der Waals surface area contributed by atoms with E-state index >= 15 is 0 Å². The van der Waals surface area contributed by atoms with Crippen LogP contribution in [0.3, 0.4) is 0 Å². The van der Waals surface area contributed by atoms with E-state index in [-0.39, 0.29) is 11.1 Å². The quantitative estimate of drug-likeness (QED) is 0.795. The van der Waals surface area contributed by atoms with Crippen molar-refractivity contribution in [2.45, 2.75) is 104 Å². The lowest BCUT2D eigenvalue weighted by molar-refractivity contribution is -0.124. The SMILES string of the molecule is CC1CC(OC2(CNC(C)(C)C)CCCC2)CC(C)(C)C1. The summed E-state index contributed by atoms with van der Waals surface area (Å²) in [4.78, 5) is 0. The Hall–Kier alpha value is -0.0800. The van der Waals surface area contributed by atoms with Crippen LogP contribution in [0.2, 0.25) is 0 Å². The topological polar surface area (TPSA) is 21.3 Å². The van der Waals surface area contributed by atoms with Gasteiger partial charge < -0.3 is 10.1 Å². The van der Waals surface area contributed by atoms with Gasteiger partial charge in [-0.1, -0.05) is 33.6 Å². The summed E-state index contributed by atoms with van der Waals surface area (Å²) in [6.07, 6.45) is 9.43. The average molecular weight is 296 g/mol. The highest BCUT2D eigenvalue weighted by atomic mass is 16.5. The second kappa shape index (κ2) is 6.20. The molecule has 0 amide bonds. The lowest BCUT2D eigenvalue weighted by Crippen LogP contribution is -2.50. The van der Waals surface area contributed by atoms with Gasteiger partial charge in [-0.3, -0.25) is 0 Å². The molecule has 0 aromatic rings. The van der Waals surface area contributed by atoms with Crippen LogP contribution in [-0.2, 0) is 4.74 Å². The molecule has 0 bridgehead atoms. The highest BCUT2D eigenvalue weighted by Gasteiger charge is 2.41. The normalized spacial score (nSPS) is 32.3. The van der Waals surface area contributed by atoms with Crippen LogP contribution in [0.5, 0.6) is 0 Å². The molecule has 2 aliphatic rings. The second-order valence-electron chi connectivity index (χ2n) is 9.65. The van der Waals surface area contributed by atoms with Crippen LogP contribution < -0.4 is 5.32 Å². The van der Waals surface area contributed by atoms with Crippen LogP contribution in [-0.4, -0.2) is 23.8 Å². The van der Waals surface area contributed by atoms with Gasteiger partial charge in [0.25, 0.3) is 0 Å². The summed E-state index contributed by atoms with van der Waals surface area (Å²) in [6.45, 7) is 15.0. The first kappa shape index (κ1) is 17.3. The van der Waals surface area contributed by atoms with E-state index in [4.69, 9.17) is 4.74 Å². The maximum atomic E-state index is 6.78. The summed E-state index contributed by atoms with van der Waals surface area (Å²) in [6, 6.07) is 0. The van der Waals surface area contributed by atoms with E-state index in [2.05, 4.69) is 46.9 Å². The second-order valence-corrected chi connectivity index (χ2v) is 9.65. The molecule has 0 radical (unpaired) electrons. The van der Waals surface area contributed by atoms with Gasteiger partial charge in [-0.2, -0.15) is 0 Å². The molecule has 0 spiro atoms. The number of nitrogens with one attached hydrogen (secondary N) is 1. The molecule has 2 rings (SSSR count). The van der Waals surface area contributed by atoms with Crippen molar-refractivity contribution >= 4 is 0 Å². The summed E-state index contributed by atoms with van der Waals surface area (Å²) in [5.41, 5.74) is 0.725. The van der Waals surface area contributed by atoms with Crippen LogP contribution in [0.15, 0.2) is 0 Å². The van der Waals surface area contributed by atoms with Gasteiger partial charge in [-0.15, -0.1) is 0 Å². The number of hydrogen-bond acceptors (Lipinski definition) is 2. The first-order chi connectivity index (χ1) is 9.59. The van der Waals surface area contributed by atoms with Gasteiger partial charge in [0.1, 0.15) is 0 Å². The number of hydrogen-bond donors (Lipinski definition) is 1. The fourth-order valence-corrected chi connectivity index (χ4v) is 4.48. The van der Waals surface area contributed by atoms with Gasteiger partial charge >= 0.3 is 0 Å². The Labute approximate surface area is 132 Å². The van der Waals surface area contributed by atoms with E-state index in [0.717, 1.165) is 12.5 Å². The summed E-state index contributed by atoms with van der Waals surface area (Å²) in [7, 11) is 0. The highest BCUT2D eigenvalue weighted by Crippen LogP contribution is 2.43. The van der Waals surface area contributed by atoms with Gasteiger partial charge in [0.2, 0.25) is 0 Å². The molecular weight excluding hydrogens is 258 g/mol. The molecule has 2 nitrogen and oxygen atoms in total. The lowest BCUT2D eigenvalue weighted by Gasteiger charge is -2.43. The molecule has 0 saturated heterocycles. The van der Waals surface area contributed by atoms with Crippen molar-refractivity contribution in [3.63, 3.8) is 0 Å². The maximum absolute atomic E-state index is 6.78. The largest absolute Gasteiger partial charge is 0.370 e. The fourth-order valence-electron chi connectivity index (χ4n) is 4.48. The maximum Gasteiger partial charge on any atom is 0.0810 e. The minimum Gasteiger partial charge on any atom is -0.370 e. The van der Waals surface area contributed by atoms with Crippen LogP contribution in [0.1, 0.15) is 86.5 Å². The zero-order valence-corrected chi connectivity index (χ0v) is 15.2. The van der Waals surface area contributed by atoms with Crippen LogP contribution >= 0.6 is 0 Å². The van der Waals surface area contributed by atoms with E-state index in [9.17, 15) is 0 Å². The van der Waals surface area contributed by atoms with Gasteiger partial charge in [0.05, 0.1) is 11.7 Å². The van der Waals surface area contributed by atoms with Gasteiger partial charge in [-0.25, -0.2) is 0 Å². The Morgan fingerprint density at radius 2 is 1.71 bits per heavy atom. The van der Waals surface area contributed by atoms with Crippen molar-refractivity contribution in [2.24, 2.45) is 11.3 Å². The standard InChI is InChI=1S/C19H37NO/c1-15-11-16(13-18(5,6)12-15)21-19(9-7-8-10-19)14-20-17(2,3)4/h15-16,20H,7-14H2,1-6H3. The predicted molar refractivity (Wildman–Crippen MR) is 90.6 cm³/mol. The van der Waals surface area contributed by atoms with Crippen molar-refractivity contribution in [1.82, 2.24) is 5.32 Å². The highest BCUT2D eigenvalue weighted by molar-refractivity contribution is 4.93. The number of rotatable bonds is 4. The van der Waals surface area contributed by atoms with E-state index < -0.39 is 0 Å². The first-order valence-corrected chi connectivity index (χ1v) is 9.02. The summed E-state index contributed by atoms with van der Waals surface area (Å²) in [5, 5.41) is 3.70. The molecule has 0 aromatic heterocycles. The van der Waals surface area contributed by atoms with Crippen molar-refractivity contribution in [2.75, 3.05) is 6.54 Å². The van der Waals surface area contributed by atoms with Gasteiger partial charge in [0.15, 0.2) is 0 Å². The predicted octanol–water partition coefficient (Wildman–Crippen LogP) is 4.92. The smallest absolute Gasteiger partial charge is 0.0810 e. The monoisotopic (exact) mass is 295 g/mol. The zero-order valence-electron chi connectivity index (χ0n) is 15.2. The van der Waals surface area contributed by atoms with Gasteiger partial charge in [-0.05, 0) is 64.2 Å². The van der Waals surface area contributed by atoms with Crippen molar-refractivity contribution in [1.29, 1.82) is 0 Å². The molecule has 2 aliphatic carbocycles. The van der Waals surface area contributed by atoms with Crippen LogP contribution in [0.4, 0.5) is 0 Å². The Balaban J connectivity index is 1.99. The molecule has 21 heavy (non-hydrogen) atoms. The Kier molecular flexibility index (Phi) is 5.10. The lowest BCUT2D eigenvalue weighted by atomic mass is 9.71. The third-order valence-corrected chi connectivity index (χ3v) is 5.22. The third kappa shape index (κ3) is 5.25. The Morgan fingerprint density at radius 3 is 2.24 bits per heavy atom. The molecule has 1 N–H and O–H groups in total. The summed E-state index contributed by atoms with van der Waals surface area (Å²) < 4.78 is 6.78. The summed E-state index contributed by atoms with van der Waals surface area (Å²) >= 11 is 0. The van der Waals surface area contributed by atoms with Crippen molar-refractivity contribution in [3.8, 4) is 0 Å². The van der Waals surface area contributed by atoms with Crippen molar-refractivity contribution in [3.05, 3.63) is 0 Å². The third-order valence-electron chi connectivity index (χ3n) is 5.22. The van der Waals surface area contributed by atoms with Crippen LogP contribution in [0, 0.1) is 11.3 Å². The van der Waals surface area contributed by atoms with Crippen LogP contribution in [0.25, 0.3) is 0 Å². The van der Waals surface area contributed by atoms with E-state index in [1.165, 1.54) is 44.9 Å². The molecular formula is C19H37NO. The minimum atomic E-state index is 0.102. The molecule has 2 saturated carbocycles. The molecule has 124 valence electrons.